The van der Waals surface area contributed by atoms with E-state index < -0.39 is 5.91 Å². The first kappa shape index (κ1) is 24.5. The molecular formula is C27H26FN5O3. The van der Waals surface area contributed by atoms with Gasteiger partial charge in [-0.1, -0.05) is 36.4 Å². The quantitative estimate of drug-likeness (QED) is 0.304. The largest absolute Gasteiger partial charge is 0.497 e. The highest BCUT2D eigenvalue weighted by atomic mass is 19.1. The fraction of sp³-hybridized carbons (Fsp3) is 0.148. The minimum Gasteiger partial charge on any atom is -0.497 e. The van der Waals surface area contributed by atoms with Crippen molar-refractivity contribution in [3.8, 4) is 11.5 Å². The van der Waals surface area contributed by atoms with E-state index >= 15 is 0 Å². The van der Waals surface area contributed by atoms with Crippen molar-refractivity contribution in [2.45, 2.75) is 13.1 Å². The van der Waals surface area contributed by atoms with E-state index in [-0.39, 0.29) is 17.7 Å². The van der Waals surface area contributed by atoms with Gasteiger partial charge in [0.15, 0.2) is 0 Å². The molecule has 0 unspecified atom stereocenters. The Kier molecular flexibility index (Phi) is 7.92. The molecule has 0 atom stereocenters. The molecule has 4 aromatic rings. The molecule has 0 saturated carbocycles. The van der Waals surface area contributed by atoms with Gasteiger partial charge >= 0.3 is 0 Å². The molecule has 0 bridgehead atoms. The van der Waals surface area contributed by atoms with E-state index in [0.29, 0.717) is 18.7 Å². The molecule has 8 nitrogen and oxygen atoms in total. The van der Waals surface area contributed by atoms with Gasteiger partial charge in [0.05, 0.1) is 14.2 Å². The lowest BCUT2D eigenvalue weighted by Crippen LogP contribution is -2.14. The fourth-order valence-electron chi connectivity index (χ4n) is 3.39. The topological polar surface area (TPSA) is 90.3 Å². The van der Waals surface area contributed by atoms with Crippen molar-refractivity contribution in [1.29, 1.82) is 0 Å². The van der Waals surface area contributed by atoms with Gasteiger partial charge in [-0.2, -0.15) is 9.67 Å². The van der Waals surface area contributed by atoms with Crippen LogP contribution in [-0.2, 0) is 13.1 Å². The lowest BCUT2D eigenvalue weighted by Gasteiger charge is -2.07. The minimum atomic E-state index is -0.408. The van der Waals surface area contributed by atoms with Crippen molar-refractivity contribution in [1.82, 2.24) is 14.8 Å². The van der Waals surface area contributed by atoms with Crippen LogP contribution in [0.2, 0.25) is 0 Å². The summed E-state index contributed by atoms with van der Waals surface area (Å²) in [6.07, 6.45) is 2.96. The molecule has 0 fully saturated rings. The van der Waals surface area contributed by atoms with Crippen molar-refractivity contribution < 1.29 is 18.7 Å². The number of benzene rings is 3. The predicted octanol–water partition coefficient (Wildman–Crippen LogP) is 5.01. The number of rotatable bonds is 10. The van der Waals surface area contributed by atoms with E-state index in [1.165, 1.54) is 22.9 Å². The summed E-state index contributed by atoms with van der Waals surface area (Å²) in [4.78, 5) is 17.5. The first-order valence-electron chi connectivity index (χ1n) is 11.2. The Morgan fingerprint density at radius 1 is 0.917 bits per heavy atom. The van der Waals surface area contributed by atoms with Crippen molar-refractivity contribution in [3.63, 3.8) is 0 Å². The second kappa shape index (κ2) is 11.7. The van der Waals surface area contributed by atoms with Gasteiger partial charge in [-0.15, -0.1) is 5.10 Å². The maximum absolute atomic E-state index is 13.2. The molecule has 36 heavy (non-hydrogen) atoms. The number of hydrogen-bond acceptors (Lipinski definition) is 7. The number of allylic oxidation sites excluding steroid dienone is 1. The first-order valence-corrected chi connectivity index (χ1v) is 11.2. The highest BCUT2D eigenvalue weighted by molar-refractivity contribution is 5.94. The first-order chi connectivity index (χ1) is 17.5. The highest BCUT2D eigenvalue weighted by Crippen LogP contribution is 2.17. The molecule has 9 heteroatoms. The van der Waals surface area contributed by atoms with Crippen LogP contribution in [0.4, 0.5) is 16.3 Å². The molecule has 1 aromatic heterocycles. The SMILES string of the molecule is COc1cccc(CNc2nc(NCc3cccc(OC)c3)n(C(=O)/C=C/c3ccc(F)cc3)n2)c1. The number of carbonyl (C=O) groups is 1. The molecule has 3 aromatic carbocycles. The summed E-state index contributed by atoms with van der Waals surface area (Å²) in [6.45, 7) is 0.844. The number of anilines is 2. The van der Waals surface area contributed by atoms with Crippen LogP contribution in [0, 0.1) is 5.82 Å². The summed E-state index contributed by atoms with van der Waals surface area (Å²) in [5, 5.41) is 10.7. The summed E-state index contributed by atoms with van der Waals surface area (Å²) in [7, 11) is 3.22. The fourth-order valence-corrected chi connectivity index (χ4v) is 3.39. The van der Waals surface area contributed by atoms with Crippen LogP contribution in [-0.4, -0.2) is 34.9 Å². The third kappa shape index (κ3) is 6.47. The predicted molar refractivity (Wildman–Crippen MR) is 137 cm³/mol. The third-order valence-corrected chi connectivity index (χ3v) is 5.27. The zero-order chi connectivity index (χ0) is 25.3. The van der Waals surface area contributed by atoms with Gasteiger partial charge in [0.25, 0.3) is 5.91 Å². The highest BCUT2D eigenvalue weighted by Gasteiger charge is 2.15. The number of ether oxygens (including phenoxy) is 2. The van der Waals surface area contributed by atoms with Gasteiger partial charge in [-0.25, -0.2) is 4.39 Å². The Bertz CT molecular complexity index is 1350. The number of halogens is 1. The molecule has 0 amide bonds. The summed E-state index contributed by atoms with van der Waals surface area (Å²) in [5.41, 5.74) is 2.61. The molecule has 184 valence electrons. The van der Waals surface area contributed by atoms with E-state index in [1.54, 1.807) is 32.4 Å². The van der Waals surface area contributed by atoms with Crippen molar-refractivity contribution in [2.24, 2.45) is 0 Å². The smallest absolute Gasteiger partial charge is 0.274 e. The van der Waals surface area contributed by atoms with Crippen molar-refractivity contribution in [3.05, 3.63) is 101 Å². The van der Waals surface area contributed by atoms with Gasteiger partial charge in [-0.05, 0) is 59.2 Å². The Balaban J connectivity index is 1.53. The molecule has 2 N–H and O–H groups in total. The molecule has 0 spiro atoms. The number of nitrogens with zero attached hydrogens (tertiary/aromatic N) is 3. The Labute approximate surface area is 208 Å². The Morgan fingerprint density at radius 2 is 1.53 bits per heavy atom. The number of aromatic nitrogens is 3. The lowest BCUT2D eigenvalue weighted by atomic mass is 10.2. The second-order valence-electron chi connectivity index (χ2n) is 7.80. The van der Waals surface area contributed by atoms with Crippen LogP contribution < -0.4 is 20.1 Å². The Morgan fingerprint density at radius 3 is 2.14 bits per heavy atom. The maximum atomic E-state index is 13.2. The molecule has 0 aliphatic carbocycles. The van der Waals surface area contributed by atoms with E-state index in [9.17, 15) is 9.18 Å². The third-order valence-electron chi connectivity index (χ3n) is 5.27. The summed E-state index contributed by atoms with van der Waals surface area (Å²) < 4.78 is 24.9. The number of hydrogen-bond donors (Lipinski definition) is 2. The van der Waals surface area contributed by atoms with Crippen molar-refractivity contribution in [2.75, 3.05) is 24.9 Å². The molecule has 0 radical (unpaired) electrons. The van der Waals surface area contributed by atoms with E-state index in [2.05, 4.69) is 20.7 Å². The molecule has 0 aliphatic heterocycles. The summed E-state index contributed by atoms with van der Waals surface area (Å²) >= 11 is 0. The lowest BCUT2D eigenvalue weighted by molar-refractivity contribution is 0.0957. The average Bonchev–Trinajstić information content (AvgIpc) is 3.33. The van der Waals surface area contributed by atoms with Gasteiger partial charge in [0.2, 0.25) is 11.9 Å². The molecule has 0 aliphatic rings. The van der Waals surface area contributed by atoms with Crippen LogP contribution in [0.1, 0.15) is 21.5 Å². The summed E-state index contributed by atoms with van der Waals surface area (Å²) in [6, 6.07) is 21.0. The maximum Gasteiger partial charge on any atom is 0.274 e. The van der Waals surface area contributed by atoms with Crippen LogP contribution in [0.3, 0.4) is 0 Å². The van der Waals surface area contributed by atoms with E-state index in [1.807, 2.05) is 48.5 Å². The van der Waals surface area contributed by atoms with Gasteiger partial charge in [-0.3, -0.25) is 4.79 Å². The van der Waals surface area contributed by atoms with Crippen molar-refractivity contribution >= 4 is 23.9 Å². The van der Waals surface area contributed by atoms with Gasteiger partial charge < -0.3 is 20.1 Å². The number of nitrogens with one attached hydrogen (secondary N) is 2. The van der Waals surface area contributed by atoms with Gasteiger partial charge in [0, 0.05) is 19.2 Å². The zero-order valence-electron chi connectivity index (χ0n) is 19.9. The number of methoxy groups -OCH3 is 2. The standard InChI is InChI=1S/C27H26FN5O3/c1-35-23-7-3-5-20(15-23)17-29-26-31-27(30-18-21-6-4-8-24(16-21)36-2)33(32-26)25(34)14-11-19-9-12-22(28)13-10-19/h3-16H,17-18H2,1-2H3,(H2,29,30,31,32)/b14-11+. The van der Waals surface area contributed by atoms with Crippen LogP contribution in [0.25, 0.3) is 6.08 Å². The van der Waals surface area contributed by atoms with E-state index in [4.69, 9.17) is 9.47 Å². The molecular weight excluding hydrogens is 461 g/mol. The Hall–Kier alpha value is -4.66. The number of carbonyl (C=O) groups excluding carboxylic acids is 1. The molecule has 4 rings (SSSR count). The van der Waals surface area contributed by atoms with Crippen LogP contribution >= 0.6 is 0 Å². The molecule has 1 heterocycles. The van der Waals surface area contributed by atoms with Crippen LogP contribution in [0.5, 0.6) is 11.5 Å². The minimum absolute atomic E-state index is 0.278. The summed E-state index contributed by atoms with van der Waals surface area (Å²) in [5.74, 6) is 1.29. The molecule has 0 saturated heterocycles. The second-order valence-corrected chi connectivity index (χ2v) is 7.80. The zero-order valence-corrected chi connectivity index (χ0v) is 19.9. The normalized spacial score (nSPS) is 10.9. The van der Waals surface area contributed by atoms with Crippen LogP contribution in [0.15, 0.2) is 78.9 Å². The average molecular weight is 488 g/mol. The van der Waals surface area contributed by atoms with E-state index in [0.717, 1.165) is 22.6 Å². The van der Waals surface area contributed by atoms with Gasteiger partial charge in [0.1, 0.15) is 17.3 Å². The monoisotopic (exact) mass is 487 g/mol.